The molecule has 10 heteroatoms. The van der Waals surface area contributed by atoms with Crippen LogP contribution in [0.4, 0.5) is 0 Å². The Hall–Kier alpha value is -2.36. The van der Waals surface area contributed by atoms with Gasteiger partial charge in [0, 0.05) is 13.0 Å². The van der Waals surface area contributed by atoms with Crippen LogP contribution in [0.2, 0.25) is 0 Å². The third-order valence-corrected chi connectivity index (χ3v) is 9.03. The molecule has 0 aliphatic rings. The fourth-order valence-electron chi connectivity index (χ4n) is 4.96. The normalized spacial score (nSPS) is 15.0. The Bertz CT molecular complexity index is 1110. The minimum atomic E-state index is -4.54. The van der Waals surface area contributed by atoms with Crippen LogP contribution in [-0.2, 0) is 27.9 Å². The molecule has 0 aliphatic carbocycles. The fraction of sp³-hybridized carbons (Fsp3) is 0.659. The highest BCUT2D eigenvalue weighted by Crippen LogP contribution is 2.43. The van der Waals surface area contributed by atoms with Gasteiger partial charge >= 0.3 is 13.8 Å². The highest BCUT2D eigenvalue weighted by atomic mass is 31.2. The molecule has 0 saturated heterocycles. The number of allylic oxidation sites excluding steroid dienone is 14. The predicted octanol–water partition coefficient (Wildman–Crippen LogP) is 11.1. The van der Waals surface area contributed by atoms with Crippen molar-refractivity contribution in [1.82, 2.24) is 0 Å². The first-order valence-corrected chi connectivity index (χ1v) is 22.1. The van der Waals surface area contributed by atoms with Crippen LogP contribution in [0, 0.1) is 0 Å². The fourth-order valence-corrected chi connectivity index (χ4v) is 5.75. The predicted molar refractivity (Wildman–Crippen MR) is 223 cm³/mol. The van der Waals surface area contributed by atoms with E-state index in [9.17, 15) is 19.4 Å². The van der Waals surface area contributed by atoms with Gasteiger partial charge in [-0.25, -0.2) is 4.57 Å². The van der Waals surface area contributed by atoms with Gasteiger partial charge in [0.2, 0.25) is 0 Å². The maximum Gasteiger partial charge on any atom is 0.472 e. The quantitative estimate of drug-likeness (QED) is 0.0242. The molecule has 0 fully saturated rings. The summed E-state index contributed by atoms with van der Waals surface area (Å²) in [5.41, 5.74) is 0. The summed E-state index contributed by atoms with van der Waals surface area (Å²) in [6.45, 7) is 3.22. The van der Waals surface area contributed by atoms with E-state index in [-0.39, 0.29) is 13.0 Å². The van der Waals surface area contributed by atoms with E-state index in [2.05, 4.69) is 86.8 Å². The Balaban J connectivity index is 4.29. The van der Waals surface area contributed by atoms with Crippen molar-refractivity contribution >= 4 is 13.8 Å². The molecule has 9 nitrogen and oxygen atoms in total. The van der Waals surface area contributed by atoms with E-state index < -0.39 is 45.8 Å². The first-order chi connectivity index (χ1) is 26.3. The Morgan fingerprint density at radius 3 is 1.59 bits per heavy atom. The minimum absolute atomic E-state index is 0.00839. The van der Waals surface area contributed by atoms with Crippen LogP contribution in [0.15, 0.2) is 85.1 Å². The molecule has 0 aromatic heterocycles. The van der Waals surface area contributed by atoms with E-state index >= 15 is 0 Å². The van der Waals surface area contributed by atoms with Crippen molar-refractivity contribution in [3.05, 3.63) is 85.1 Å². The maximum atomic E-state index is 12.5. The Morgan fingerprint density at radius 2 is 1.06 bits per heavy atom. The van der Waals surface area contributed by atoms with Crippen molar-refractivity contribution < 1.29 is 43.0 Å². The summed E-state index contributed by atoms with van der Waals surface area (Å²) in [6.07, 6.45) is 48.5. The number of hydrogen-bond acceptors (Lipinski definition) is 8. The van der Waals surface area contributed by atoms with Crippen LogP contribution < -0.4 is 0 Å². The number of hydrogen-bond donors (Lipinski definition) is 3. The maximum absolute atomic E-state index is 12.5. The van der Waals surface area contributed by atoms with Gasteiger partial charge in [-0.15, -0.1) is 0 Å². The van der Waals surface area contributed by atoms with E-state index in [0.29, 0.717) is 13.0 Å². The van der Waals surface area contributed by atoms with Crippen LogP contribution >= 0.6 is 7.82 Å². The molecule has 0 spiro atoms. The smallest absolute Gasteiger partial charge is 0.457 e. The zero-order valence-electron chi connectivity index (χ0n) is 33.7. The molecule has 3 unspecified atom stereocenters. The molecule has 0 radical (unpaired) electrons. The van der Waals surface area contributed by atoms with Gasteiger partial charge in [-0.05, 0) is 77.0 Å². The average Bonchev–Trinajstić information content (AvgIpc) is 3.16. The minimum Gasteiger partial charge on any atom is -0.457 e. The second kappa shape index (κ2) is 40.3. The topological polar surface area (TPSA) is 132 Å². The SMILES string of the molecule is CC/C=C\C/C=C\C/C=C\C/C=C\CCC(=O)OC(COCCCCCCCCC/C=C\C/C=C\C/C=C\CCCCC)COP(=O)(O)OCC(O)CO. The number of rotatable bonds is 38. The van der Waals surface area contributed by atoms with Gasteiger partial charge in [0.25, 0.3) is 0 Å². The number of aliphatic hydroxyl groups is 2. The van der Waals surface area contributed by atoms with Crippen LogP contribution in [0.5, 0.6) is 0 Å². The molecule has 0 aliphatic heterocycles. The first-order valence-electron chi connectivity index (χ1n) is 20.6. The van der Waals surface area contributed by atoms with Gasteiger partial charge in [0.05, 0.1) is 26.4 Å². The van der Waals surface area contributed by atoms with Gasteiger partial charge in [0.15, 0.2) is 0 Å². The van der Waals surface area contributed by atoms with E-state index in [1.807, 2.05) is 12.2 Å². The van der Waals surface area contributed by atoms with E-state index in [4.69, 9.17) is 23.6 Å². The Kier molecular flexibility index (Phi) is 38.5. The molecule has 0 heterocycles. The zero-order chi connectivity index (χ0) is 39.6. The molecule has 0 bridgehead atoms. The van der Waals surface area contributed by atoms with E-state index in [0.717, 1.165) is 64.2 Å². The van der Waals surface area contributed by atoms with Crippen molar-refractivity contribution in [3.8, 4) is 0 Å². The summed E-state index contributed by atoms with van der Waals surface area (Å²) in [5, 5.41) is 18.3. The lowest BCUT2D eigenvalue weighted by Crippen LogP contribution is -2.29. The first kappa shape index (κ1) is 51.6. The zero-order valence-corrected chi connectivity index (χ0v) is 34.5. The van der Waals surface area contributed by atoms with Crippen LogP contribution in [0.1, 0.15) is 142 Å². The summed E-state index contributed by atoms with van der Waals surface area (Å²) in [4.78, 5) is 22.5. The van der Waals surface area contributed by atoms with Crippen LogP contribution in [0.3, 0.4) is 0 Å². The van der Waals surface area contributed by atoms with Crippen molar-refractivity contribution in [3.63, 3.8) is 0 Å². The molecule has 0 aromatic rings. The lowest BCUT2D eigenvalue weighted by molar-refractivity contribution is -0.154. The summed E-state index contributed by atoms with van der Waals surface area (Å²) < 4.78 is 33.2. The summed E-state index contributed by atoms with van der Waals surface area (Å²) >= 11 is 0. The lowest BCUT2D eigenvalue weighted by atomic mass is 10.1. The summed E-state index contributed by atoms with van der Waals surface area (Å²) in [6, 6.07) is 0. The third-order valence-electron chi connectivity index (χ3n) is 8.08. The van der Waals surface area contributed by atoms with Crippen LogP contribution in [0.25, 0.3) is 0 Å². The van der Waals surface area contributed by atoms with Gasteiger partial charge in [0.1, 0.15) is 12.2 Å². The van der Waals surface area contributed by atoms with Gasteiger partial charge in [-0.3, -0.25) is 13.8 Å². The second-order valence-corrected chi connectivity index (χ2v) is 14.7. The number of esters is 1. The Labute approximate surface area is 328 Å². The molecule has 0 saturated carbocycles. The number of phosphoric ester groups is 1. The van der Waals surface area contributed by atoms with E-state index in [1.54, 1.807) is 0 Å². The molecule has 3 atom stereocenters. The highest BCUT2D eigenvalue weighted by Gasteiger charge is 2.26. The number of aliphatic hydroxyl groups excluding tert-OH is 2. The number of carbonyl (C=O) groups is 1. The number of unbranched alkanes of at least 4 members (excludes halogenated alkanes) is 10. The van der Waals surface area contributed by atoms with Gasteiger partial charge in [-0.2, -0.15) is 0 Å². The third kappa shape index (κ3) is 39.3. The number of ether oxygens (including phenoxy) is 2. The van der Waals surface area contributed by atoms with Crippen molar-refractivity contribution in [1.29, 1.82) is 0 Å². The molecule has 3 N–H and O–H groups in total. The molecule has 54 heavy (non-hydrogen) atoms. The number of phosphoric acid groups is 1. The lowest BCUT2D eigenvalue weighted by Gasteiger charge is -2.20. The van der Waals surface area contributed by atoms with E-state index in [1.165, 1.54) is 51.4 Å². The molecule has 0 amide bonds. The summed E-state index contributed by atoms with van der Waals surface area (Å²) in [5.74, 6) is -0.470. The highest BCUT2D eigenvalue weighted by molar-refractivity contribution is 7.47. The number of carbonyl (C=O) groups excluding carboxylic acids is 1. The average molecular weight is 779 g/mol. The Morgan fingerprint density at radius 1 is 0.593 bits per heavy atom. The second-order valence-electron chi connectivity index (χ2n) is 13.3. The van der Waals surface area contributed by atoms with Gasteiger partial charge < -0.3 is 24.6 Å². The largest absolute Gasteiger partial charge is 0.472 e. The molecule has 0 rings (SSSR count). The van der Waals surface area contributed by atoms with Crippen molar-refractivity contribution in [2.45, 2.75) is 154 Å². The standard InChI is InChI=1S/C44H75O9P/c1-3-5-7-9-11-13-15-17-18-19-20-21-22-23-25-27-29-31-33-35-37-50-40-43(41-52-54(48,49)51-39-42(46)38-45)53-44(47)36-34-32-30-28-26-24-16-14-12-10-8-6-4-2/h6,8,11-14,17-18,20-21,24,26,30,32,42-43,45-46H,3-5,7,9-10,15-16,19,22-23,25,27-29,31,33-41H2,1-2H3,(H,48,49)/b8-6-,13-11-,14-12-,18-17-,21-20-,26-24-,32-30-. The summed E-state index contributed by atoms with van der Waals surface area (Å²) in [7, 11) is -4.54. The molecular weight excluding hydrogens is 703 g/mol. The molecule has 310 valence electrons. The van der Waals surface area contributed by atoms with Crippen molar-refractivity contribution in [2.24, 2.45) is 0 Å². The van der Waals surface area contributed by atoms with Gasteiger partial charge in [-0.1, -0.05) is 144 Å². The van der Waals surface area contributed by atoms with Crippen LogP contribution in [-0.4, -0.2) is 66.3 Å². The van der Waals surface area contributed by atoms with Crippen molar-refractivity contribution in [2.75, 3.05) is 33.0 Å². The monoisotopic (exact) mass is 779 g/mol. The molecular formula is C44H75O9P. The molecule has 0 aromatic carbocycles.